The zero-order valence-corrected chi connectivity index (χ0v) is 10.2. The van der Waals surface area contributed by atoms with E-state index >= 15 is 0 Å². The van der Waals surface area contributed by atoms with E-state index in [1.807, 2.05) is 18.3 Å². The third-order valence-corrected chi connectivity index (χ3v) is 2.67. The Kier molecular flexibility index (Phi) is 3.70. The summed E-state index contributed by atoms with van der Waals surface area (Å²) in [6.07, 6.45) is 5.45. The number of nitrogens with one attached hydrogen (secondary N) is 1. The van der Waals surface area contributed by atoms with Crippen molar-refractivity contribution in [3.63, 3.8) is 0 Å². The van der Waals surface area contributed by atoms with Crippen molar-refractivity contribution in [2.24, 2.45) is 0 Å². The Balaban J connectivity index is 2.02. The van der Waals surface area contributed by atoms with E-state index in [0.29, 0.717) is 5.92 Å². The minimum atomic E-state index is 0.527. The highest BCUT2D eigenvalue weighted by Gasteiger charge is 2.01. The van der Waals surface area contributed by atoms with E-state index in [1.165, 1.54) is 11.1 Å². The largest absolute Gasteiger partial charge is 0.366 e. The minimum Gasteiger partial charge on any atom is -0.366 e. The molecule has 0 unspecified atom stereocenters. The van der Waals surface area contributed by atoms with Crippen LogP contribution in [0.5, 0.6) is 0 Å². The molecule has 3 heteroatoms. The maximum atomic E-state index is 4.31. The van der Waals surface area contributed by atoms with Crippen LogP contribution in [-0.2, 0) is 6.54 Å². The minimum absolute atomic E-state index is 0.527. The molecule has 88 valence electrons. The Labute approximate surface area is 102 Å². The first kappa shape index (κ1) is 11.6. The topological polar surface area (TPSA) is 37.8 Å². The fourth-order valence-corrected chi connectivity index (χ4v) is 1.60. The molecule has 2 aromatic heterocycles. The van der Waals surface area contributed by atoms with Crippen molar-refractivity contribution in [2.45, 2.75) is 26.3 Å². The van der Waals surface area contributed by atoms with Gasteiger partial charge < -0.3 is 5.32 Å². The SMILES string of the molecule is CC(C)c1ccnc(NCc2ccncc2)c1. The number of anilines is 1. The summed E-state index contributed by atoms with van der Waals surface area (Å²) in [7, 11) is 0. The molecule has 3 nitrogen and oxygen atoms in total. The van der Waals surface area contributed by atoms with Crippen molar-refractivity contribution in [1.82, 2.24) is 9.97 Å². The maximum absolute atomic E-state index is 4.31. The maximum Gasteiger partial charge on any atom is 0.126 e. The fraction of sp³-hybridized carbons (Fsp3) is 0.286. The first-order valence-corrected chi connectivity index (χ1v) is 5.84. The van der Waals surface area contributed by atoms with Crippen LogP contribution >= 0.6 is 0 Å². The van der Waals surface area contributed by atoms with Gasteiger partial charge in [0.2, 0.25) is 0 Å². The number of aromatic nitrogens is 2. The summed E-state index contributed by atoms with van der Waals surface area (Å²) >= 11 is 0. The predicted octanol–water partition coefficient (Wildman–Crippen LogP) is 3.21. The van der Waals surface area contributed by atoms with Gasteiger partial charge in [-0.25, -0.2) is 4.98 Å². The lowest BCUT2D eigenvalue weighted by Crippen LogP contribution is -2.02. The van der Waals surface area contributed by atoms with E-state index < -0.39 is 0 Å². The molecule has 0 aliphatic heterocycles. The van der Waals surface area contributed by atoms with E-state index in [2.05, 4.69) is 41.3 Å². The Bertz CT molecular complexity index is 466. The summed E-state index contributed by atoms with van der Waals surface area (Å²) in [5.74, 6) is 1.45. The van der Waals surface area contributed by atoms with Crippen LogP contribution < -0.4 is 5.32 Å². The molecule has 2 aromatic rings. The molecular weight excluding hydrogens is 210 g/mol. The first-order valence-electron chi connectivity index (χ1n) is 5.84. The second-order valence-corrected chi connectivity index (χ2v) is 4.34. The average molecular weight is 227 g/mol. The van der Waals surface area contributed by atoms with Gasteiger partial charge in [0.05, 0.1) is 0 Å². The monoisotopic (exact) mass is 227 g/mol. The highest BCUT2D eigenvalue weighted by molar-refractivity contribution is 5.39. The highest BCUT2D eigenvalue weighted by atomic mass is 15.0. The van der Waals surface area contributed by atoms with Crippen molar-refractivity contribution < 1.29 is 0 Å². The zero-order valence-electron chi connectivity index (χ0n) is 10.2. The van der Waals surface area contributed by atoms with E-state index in [1.54, 1.807) is 12.4 Å². The van der Waals surface area contributed by atoms with Gasteiger partial charge >= 0.3 is 0 Å². The van der Waals surface area contributed by atoms with E-state index in [9.17, 15) is 0 Å². The molecule has 0 aromatic carbocycles. The molecule has 0 aliphatic carbocycles. The van der Waals surface area contributed by atoms with Gasteiger partial charge in [-0.2, -0.15) is 0 Å². The van der Waals surface area contributed by atoms with Crippen molar-refractivity contribution in [3.05, 3.63) is 54.0 Å². The molecule has 2 rings (SSSR count). The molecule has 1 N–H and O–H groups in total. The quantitative estimate of drug-likeness (QED) is 0.871. The predicted molar refractivity (Wildman–Crippen MR) is 69.9 cm³/mol. The lowest BCUT2D eigenvalue weighted by Gasteiger charge is -2.09. The van der Waals surface area contributed by atoms with E-state index in [0.717, 1.165) is 12.4 Å². The van der Waals surface area contributed by atoms with Gasteiger partial charge in [0.1, 0.15) is 5.82 Å². The third-order valence-electron chi connectivity index (χ3n) is 2.67. The molecule has 0 aliphatic rings. The molecule has 2 heterocycles. The summed E-state index contributed by atoms with van der Waals surface area (Å²) in [4.78, 5) is 8.30. The van der Waals surface area contributed by atoms with Gasteiger partial charge in [-0.3, -0.25) is 4.98 Å². The van der Waals surface area contributed by atoms with Crippen LogP contribution in [0.15, 0.2) is 42.9 Å². The Morgan fingerprint density at radius 3 is 2.59 bits per heavy atom. The van der Waals surface area contributed by atoms with Gasteiger partial charge in [0.25, 0.3) is 0 Å². The second-order valence-electron chi connectivity index (χ2n) is 4.34. The molecule has 0 atom stereocenters. The normalized spacial score (nSPS) is 10.5. The molecular formula is C14H17N3. The van der Waals surface area contributed by atoms with Crippen LogP contribution in [0.2, 0.25) is 0 Å². The van der Waals surface area contributed by atoms with Gasteiger partial charge in [0, 0.05) is 25.1 Å². The lowest BCUT2D eigenvalue weighted by molar-refractivity contribution is 0.862. The molecule has 0 amide bonds. The molecule has 0 saturated heterocycles. The number of hydrogen-bond acceptors (Lipinski definition) is 3. The smallest absolute Gasteiger partial charge is 0.126 e. The molecule has 0 fully saturated rings. The average Bonchev–Trinajstić information content (AvgIpc) is 2.38. The van der Waals surface area contributed by atoms with Crippen molar-refractivity contribution in [1.29, 1.82) is 0 Å². The summed E-state index contributed by atoms with van der Waals surface area (Å²) < 4.78 is 0. The summed E-state index contributed by atoms with van der Waals surface area (Å²) in [6, 6.07) is 8.16. The van der Waals surface area contributed by atoms with Crippen molar-refractivity contribution >= 4 is 5.82 Å². The van der Waals surface area contributed by atoms with E-state index in [4.69, 9.17) is 0 Å². The number of pyridine rings is 2. The first-order chi connectivity index (χ1) is 8.25. The Morgan fingerprint density at radius 2 is 1.88 bits per heavy atom. The fourth-order valence-electron chi connectivity index (χ4n) is 1.60. The number of nitrogens with zero attached hydrogens (tertiary/aromatic N) is 2. The van der Waals surface area contributed by atoms with Gasteiger partial charge in [-0.05, 0) is 41.3 Å². The molecule has 0 saturated carbocycles. The summed E-state index contributed by atoms with van der Waals surface area (Å²) in [5.41, 5.74) is 2.51. The summed E-state index contributed by atoms with van der Waals surface area (Å²) in [5, 5.41) is 3.32. The van der Waals surface area contributed by atoms with Crippen LogP contribution in [0.25, 0.3) is 0 Å². The van der Waals surface area contributed by atoms with Crippen molar-refractivity contribution in [2.75, 3.05) is 5.32 Å². The third kappa shape index (κ3) is 3.28. The molecule has 17 heavy (non-hydrogen) atoms. The lowest BCUT2D eigenvalue weighted by atomic mass is 10.1. The molecule has 0 radical (unpaired) electrons. The van der Waals surface area contributed by atoms with Gasteiger partial charge in [-0.15, -0.1) is 0 Å². The molecule has 0 spiro atoms. The van der Waals surface area contributed by atoms with Crippen LogP contribution in [0, 0.1) is 0 Å². The summed E-state index contributed by atoms with van der Waals surface area (Å²) in [6.45, 7) is 5.14. The van der Waals surface area contributed by atoms with Crippen LogP contribution in [-0.4, -0.2) is 9.97 Å². The Morgan fingerprint density at radius 1 is 1.12 bits per heavy atom. The van der Waals surface area contributed by atoms with Gasteiger partial charge in [0.15, 0.2) is 0 Å². The van der Waals surface area contributed by atoms with Crippen LogP contribution in [0.4, 0.5) is 5.82 Å². The number of rotatable bonds is 4. The zero-order chi connectivity index (χ0) is 12.1. The number of hydrogen-bond donors (Lipinski definition) is 1. The standard InChI is InChI=1S/C14H17N3/c1-11(2)13-5-8-16-14(9-13)17-10-12-3-6-15-7-4-12/h3-9,11H,10H2,1-2H3,(H,16,17). The Hall–Kier alpha value is -1.90. The van der Waals surface area contributed by atoms with Crippen LogP contribution in [0.1, 0.15) is 30.9 Å². The highest BCUT2D eigenvalue weighted by Crippen LogP contribution is 2.16. The van der Waals surface area contributed by atoms with Gasteiger partial charge in [-0.1, -0.05) is 13.8 Å². The van der Waals surface area contributed by atoms with E-state index in [-0.39, 0.29) is 0 Å². The van der Waals surface area contributed by atoms with Crippen molar-refractivity contribution in [3.8, 4) is 0 Å². The second kappa shape index (κ2) is 5.43. The molecule has 0 bridgehead atoms. The van der Waals surface area contributed by atoms with Crippen LogP contribution in [0.3, 0.4) is 0 Å².